The number of amides is 1. The molecule has 2 aromatic rings. The largest absolute Gasteiger partial charge is 0.485 e. The molecule has 0 atom stereocenters. The minimum absolute atomic E-state index is 0.0666. The summed E-state index contributed by atoms with van der Waals surface area (Å²) in [6.45, 7) is 0.403. The Morgan fingerprint density at radius 2 is 2.27 bits per heavy atom. The number of carbonyl (C=O) groups is 1. The number of nitrogens with zero attached hydrogens (tertiary/aromatic N) is 2. The maximum atomic E-state index is 12.0. The van der Waals surface area contributed by atoms with Gasteiger partial charge in [0.25, 0.3) is 0 Å². The Hall–Kier alpha value is -1.95. The van der Waals surface area contributed by atoms with Crippen LogP contribution in [0.5, 0.6) is 5.75 Å². The van der Waals surface area contributed by atoms with Gasteiger partial charge in [-0.25, -0.2) is 4.98 Å². The van der Waals surface area contributed by atoms with E-state index in [0.717, 1.165) is 29.3 Å². The smallest absolute Gasteiger partial charge is 0.226 e. The summed E-state index contributed by atoms with van der Waals surface area (Å²) in [6, 6.07) is 4.05. The average Bonchev–Trinajstić information content (AvgIpc) is 3.18. The number of nitrogens with one attached hydrogen (secondary N) is 1. The highest BCUT2D eigenvalue weighted by Gasteiger charge is 2.17. The van der Waals surface area contributed by atoms with Gasteiger partial charge < -0.3 is 10.1 Å². The molecule has 2 heterocycles. The fourth-order valence-electron chi connectivity index (χ4n) is 2.59. The quantitative estimate of drug-likeness (QED) is 0.890. The molecule has 6 heteroatoms. The van der Waals surface area contributed by atoms with E-state index in [4.69, 9.17) is 4.74 Å². The van der Waals surface area contributed by atoms with E-state index in [1.165, 1.54) is 24.2 Å². The number of ether oxygens (including phenoxy) is 1. The lowest BCUT2D eigenvalue weighted by Crippen LogP contribution is -2.33. The van der Waals surface area contributed by atoms with Crippen LogP contribution in [0.3, 0.4) is 0 Å². The SMILES string of the molecule is O=C(Cc1csc(COc2cccnc2)n1)NC1CCCC1. The second kappa shape index (κ2) is 7.35. The molecule has 1 amide bonds. The van der Waals surface area contributed by atoms with Gasteiger partial charge in [-0.1, -0.05) is 12.8 Å². The van der Waals surface area contributed by atoms with E-state index >= 15 is 0 Å². The normalized spacial score (nSPS) is 14.9. The number of thiazole rings is 1. The second-order valence-electron chi connectivity index (χ2n) is 5.44. The highest BCUT2D eigenvalue weighted by Crippen LogP contribution is 2.18. The Balaban J connectivity index is 1.47. The summed E-state index contributed by atoms with van der Waals surface area (Å²) in [6.07, 6.45) is 8.37. The van der Waals surface area contributed by atoms with Crippen LogP contribution in [0.15, 0.2) is 29.9 Å². The minimum Gasteiger partial charge on any atom is -0.485 e. The van der Waals surface area contributed by atoms with E-state index in [2.05, 4.69) is 15.3 Å². The van der Waals surface area contributed by atoms with Gasteiger partial charge in [0.2, 0.25) is 5.91 Å². The molecule has 3 rings (SSSR count). The predicted molar refractivity (Wildman–Crippen MR) is 84.8 cm³/mol. The summed E-state index contributed by atoms with van der Waals surface area (Å²) in [7, 11) is 0. The molecule has 0 spiro atoms. The van der Waals surface area contributed by atoms with Gasteiger partial charge in [-0.3, -0.25) is 9.78 Å². The summed E-state index contributed by atoms with van der Waals surface area (Å²) in [5.41, 5.74) is 0.810. The summed E-state index contributed by atoms with van der Waals surface area (Å²) >= 11 is 1.52. The van der Waals surface area contributed by atoms with Gasteiger partial charge in [-0.2, -0.15) is 0 Å². The van der Waals surface area contributed by atoms with Crippen molar-refractivity contribution in [3.63, 3.8) is 0 Å². The van der Waals surface area contributed by atoms with Crippen LogP contribution in [0, 0.1) is 0 Å². The maximum absolute atomic E-state index is 12.0. The van der Waals surface area contributed by atoms with Crippen molar-refractivity contribution in [2.24, 2.45) is 0 Å². The van der Waals surface area contributed by atoms with Crippen molar-refractivity contribution in [1.82, 2.24) is 15.3 Å². The van der Waals surface area contributed by atoms with Crippen LogP contribution in [0.2, 0.25) is 0 Å². The third kappa shape index (κ3) is 4.27. The van der Waals surface area contributed by atoms with Gasteiger partial charge in [0.05, 0.1) is 18.3 Å². The molecule has 1 aliphatic rings. The van der Waals surface area contributed by atoms with Crippen LogP contribution in [0.25, 0.3) is 0 Å². The predicted octanol–water partition coefficient (Wildman–Crippen LogP) is 2.72. The Bertz CT molecular complexity index is 609. The van der Waals surface area contributed by atoms with Crippen molar-refractivity contribution < 1.29 is 9.53 Å². The first-order valence-corrected chi connectivity index (χ1v) is 8.43. The molecule has 0 aliphatic heterocycles. The lowest BCUT2D eigenvalue weighted by atomic mass is 10.2. The number of carbonyl (C=O) groups excluding carboxylic acids is 1. The third-order valence-corrected chi connectivity index (χ3v) is 4.53. The number of aromatic nitrogens is 2. The first-order chi connectivity index (χ1) is 10.8. The molecular formula is C16H19N3O2S. The van der Waals surface area contributed by atoms with Crippen LogP contribution in [-0.2, 0) is 17.8 Å². The molecule has 0 radical (unpaired) electrons. The van der Waals surface area contributed by atoms with Crippen molar-refractivity contribution in [1.29, 1.82) is 0 Å². The van der Waals surface area contributed by atoms with E-state index in [9.17, 15) is 4.79 Å². The van der Waals surface area contributed by atoms with E-state index < -0.39 is 0 Å². The molecule has 1 saturated carbocycles. The standard InChI is InChI=1S/C16H19N3O2S/c20-15(18-12-4-1-2-5-12)8-13-11-22-16(19-13)10-21-14-6-3-7-17-9-14/h3,6-7,9,11-12H,1-2,4-5,8,10H2,(H,18,20). The van der Waals surface area contributed by atoms with Crippen molar-refractivity contribution in [3.05, 3.63) is 40.6 Å². The van der Waals surface area contributed by atoms with Gasteiger partial charge in [-0.15, -0.1) is 11.3 Å². The van der Waals surface area contributed by atoms with Crippen molar-refractivity contribution >= 4 is 17.2 Å². The van der Waals surface area contributed by atoms with Crippen LogP contribution in [-0.4, -0.2) is 21.9 Å². The molecule has 1 aliphatic carbocycles. The number of hydrogen-bond donors (Lipinski definition) is 1. The van der Waals surface area contributed by atoms with E-state index in [1.54, 1.807) is 12.4 Å². The summed E-state index contributed by atoms with van der Waals surface area (Å²) in [4.78, 5) is 20.4. The zero-order valence-corrected chi connectivity index (χ0v) is 13.1. The lowest BCUT2D eigenvalue weighted by Gasteiger charge is -2.10. The van der Waals surface area contributed by atoms with E-state index in [-0.39, 0.29) is 5.91 Å². The summed E-state index contributed by atoms with van der Waals surface area (Å²) in [5.74, 6) is 0.787. The molecule has 116 valence electrons. The van der Waals surface area contributed by atoms with Gasteiger partial charge in [0, 0.05) is 17.6 Å². The minimum atomic E-state index is 0.0666. The maximum Gasteiger partial charge on any atom is 0.226 e. The topological polar surface area (TPSA) is 64.1 Å². The zero-order chi connectivity index (χ0) is 15.2. The lowest BCUT2D eigenvalue weighted by molar-refractivity contribution is -0.121. The molecule has 1 fully saturated rings. The first-order valence-electron chi connectivity index (χ1n) is 7.55. The average molecular weight is 317 g/mol. The van der Waals surface area contributed by atoms with E-state index in [0.29, 0.717) is 19.1 Å². The zero-order valence-electron chi connectivity index (χ0n) is 12.3. The van der Waals surface area contributed by atoms with Gasteiger partial charge >= 0.3 is 0 Å². The molecule has 0 unspecified atom stereocenters. The molecule has 0 bridgehead atoms. The Morgan fingerprint density at radius 3 is 3.05 bits per heavy atom. The van der Waals surface area contributed by atoms with Crippen LogP contribution in [0.1, 0.15) is 36.4 Å². The number of pyridine rings is 1. The van der Waals surface area contributed by atoms with Crippen molar-refractivity contribution in [2.75, 3.05) is 0 Å². The number of rotatable bonds is 6. The molecule has 0 aromatic carbocycles. The molecule has 5 nitrogen and oxygen atoms in total. The molecular weight excluding hydrogens is 298 g/mol. The first kappa shape index (κ1) is 15.0. The number of hydrogen-bond acceptors (Lipinski definition) is 5. The third-order valence-electron chi connectivity index (χ3n) is 3.66. The Labute approximate surface area is 133 Å². The molecule has 2 aromatic heterocycles. The van der Waals surface area contributed by atoms with E-state index in [1.807, 2.05) is 17.5 Å². The fraction of sp³-hybridized carbons (Fsp3) is 0.438. The van der Waals surface area contributed by atoms with Gasteiger partial charge in [0.15, 0.2) is 0 Å². The van der Waals surface area contributed by atoms with Gasteiger partial charge in [-0.05, 0) is 25.0 Å². The molecule has 22 heavy (non-hydrogen) atoms. The monoisotopic (exact) mass is 317 g/mol. The van der Waals surface area contributed by atoms with Crippen LogP contribution < -0.4 is 10.1 Å². The highest BCUT2D eigenvalue weighted by molar-refractivity contribution is 7.09. The van der Waals surface area contributed by atoms with Crippen LogP contribution in [0.4, 0.5) is 0 Å². The van der Waals surface area contributed by atoms with Crippen molar-refractivity contribution in [3.8, 4) is 5.75 Å². The van der Waals surface area contributed by atoms with Crippen LogP contribution >= 0.6 is 11.3 Å². The van der Waals surface area contributed by atoms with Crippen molar-refractivity contribution in [2.45, 2.75) is 44.8 Å². The highest BCUT2D eigenvalue weighted by atomic mass is 32.1. The Morgan fingerprint density at radius 1 is 1.41 bits per heavy atom. The Kier molecular flexibility index (Phi) is 5.00. The van der Waals surface area contributed by atoms with Gasteiger partial charge in [0.1, 0.15) is 17.4 Å². The summed E-state index contributed by atoms with van der Waals surface area (Å²) < 4.78 is 5.60. The summed E-state index contributed by atoms with van der Waals surface area (Å²) in [5, 5.41) is 5.88. The fourth-order valence-corrected chi connectivity index (χ4v) is 3.29. The molecule has 0 saturated heterocycles. The second-order valence-corrected chi connectivity index (χ2v) is 6.38. The molecule has 1 N–H and O–H groups in total.